The number of amides is 1. The summed E-state index contributed by atoms with van der Waals surface area (Å²) in [6.45, 7) is 0.152. The Kier molecular flexibility index (Phi) is 6.26. The lowest BCUT2D eigenvalue weighted by Crippen LogP contribution is -2.16. The van der Waals surface area contributed by atoms with E-state index in [-0.39, 0.29) is 35.5 Å². The molecule has 0 spiro atoms. The molecule has 1 heterocycles. The average Bonchev–Trinajstić information content (AvgIpc) is 3.14. The summed E-state index contributed by atoms with van der Waals surface area (Å²) in [6, 6.07) is 5.35. The quantitative estimate of drug-likeness (QED) is 0.688. The zero-order valence-corrected chi connectivity index (χ0v) is 14.6. The van der Waals surface area contributed by atoms with Crippen molar-refractivity contribution < 1.29 is 33.8 Å². The van der Waals surface area contributed by atoms with Crippen molar-refractivity contribution >= 4 is 29.5 Å². The summed E-state index contributed by atoms with van der Waals surface area (Å²) in [4.78, 5) is 46.4. The summed E-state index contributed by atoms with van der Waals surface area (Å²) in [5.74, 6) is -2.92. The standard InChI is InChI=1S/C17H17N3O7/c1-26-16(24)10-7-11(17(25)27-2)9-12(8-10)18-14(21)4-6-20-5-3-13(19-20)15(22)23/h3,5,7-9H,4,6H2,1-2H3,(H,18,21)(H,22,23). The lowest BCUT2D eigenvalue weighted by atomic mass is 10.1. The molecule has 0 radical (unpaired) electrons. The van der Waals surface area contributed by atoms with Gasteiger partial charge in [0.15, 0.2) is 5.69 Å². The molecule has 10 nitrogen and oxygen atoms in total. The summed E-state index contributed by atoms with van der Waals surface area (Å²) in [7, 11) is 2.39. The van der Waals surface area contributed by atoms with Crippen molar-refractivity contribution in [1.82, 2.24) is 9.78 Å². The van der Waals surface area contributed by atoms with Crippen molar-refractivity contribution in [2.75, 3.05) is 19.5 Å². The highest BCUT2D eigenvalue weighted by Gasteiger charge is 2.15. The van der Waals surface area contributed by atoms with E-state index < -0.39 is 23.8 Å². The maximum absolute atomic E-state index is 12.1. The highest BCUT2D eigenvalue weighted by molar-refractivity contribution is 5.99. The van der Waals surface area contributed by atoms with Gasteiger partial charge in [0.05, 0.1) is 25.3 Å². The number of aryl methyl sites for hydroxylation is 1. The van der Waals surface area contributed by atoms with Crippen LogP contribution in [0.4, 0.5) is 5.69 Å². The fraction of sp³-hybridized carbons (Fsp3) is 0.235. The molecule has 1 aromatic heterocycles. The lowest BCUT2D eigenvalue weighted by molar-refractivity contribution is -0.116. The molecule has 0 atom stereocenters. The van der Waals surface area contributed by atoms with Gasteiger partial charge < -0.3 is 19.9 Å². The Hall–Kier alpha value is -3.69. The van der Waals surface area contributed by atoms with Crippen LogP contribution in [0.5, 0.6) is 0 Å². The van der Waals surface area contributed by atoms with Gasteiger partial charge in [0.1, 0.15) is 0 Å². The van der Waals surface area contributed by atoms with Gasteiger partial charge in [-0.25, -0.2) is 14.4 Å². The van der Waals surface area contributed by atoms with Gasteiger partial charge in [0, 0.05) is 24.8 Å². The van der Waals surface area contributed by atoms with Crippen molar-refractivity contribution in [2.45, 2.75) is 13.0 Å². The largest absolute Gasteiger partial charge is 0.476 e. The zero-order valence-electron chi connectivity index (χ0n) is 14.6. The van der Waals surface area contributed by atoms with Crippen molar-refractivity contribution in [3.63, 3.8) is 0 Å². The minimum absolute atomic E-state index is 0.00323. The van der Waals surface area contributed by atoms with E-state index in [0.717, 1.165) is 0 Å². The summed E-state index contributed by atoms with van der Waals surface area (Å²) in [5.41, 5.74) is 0.252. The molecule has 142 valence electrons. The van der Waals surface area contributed by atoms with E-state index in [2.05, 4.69) is 19.9 Å². The molecular weight excluding hydrogens is 358 g/mol. The third kappa shape index (κ3) is 5.14. The highest BCUT2D eigenvalue weighted by Crippen LogP contribution is 2.17. The maximum Gasteiger partial charge on any atom is 0.356 e. The smallest absolute Gasteiger partial charge is 0.356 e. The number of esters is 2. The number of hydrogen-bond donors (Lipinski definition) is 2. The van der Waals surface area contributed by atoms with Crippen molar-refractivity contribution in [2.24, 2.45) is 0 Å². The van der Waals surface area contributed by atoms with Crippen molar-refractivity contribution in [3.8, 4) is 0 Å². The van der Waals surface area contributed by atoms with Crippen LogP contribution < -0.4 is 5.32 Å². The van der Waals surface area contributed by atoms with Crippen LogP contribution in [0.3, 0.4) is 0 Å². The van der Waals surface area contributed by atoms with E-state index >= 15 is 0 Å². The number of carboxylic acid groups (broad SMARTS) is 1. The van der Waals surface area contributed by atoms with E-state index in [4.69, 9.17) is 5.11 Å². The second kappa shape index (κ2) is 8.61. The van der Waals surface area contributed by atoms with Gasteiger partial charge in [-0.3, -0.25) is 9.48 Å². The first-order valence-corrected chi connectivity index (χ1v) is 7.72. The summed E-state index contributed by atoms with van der Waals surface area (Å²) >= 11 is 0. The number of aromatic nitrogens is 2. The van der Waals surface area contributed by atoms with Crippen LogP contribution in [0.2, 0.25) is 0 Å². The molecule has 0 saturated carbocycles. The van der Waals surface area contributed by atoms with E-state index in [1.54, 1.807) is 0 Å². The van der Waals surface area contributed by atoms with Crippen LogP contribution in [0, 0.1) is 0 Å². The Morgan fingerprint density at radius 3 is 2.15 bits per heavy atom. The van der Waals surface area contributed by atoms with Gasteiger partial charge in [0.25, 0.3) is 0 Å². The molecule has 0 aliphatic heterocycles. The van der Waals surface area contributed by atoms with Crippen molar-refractivity contribution in [3.05, 3.63) is 47.3 Å². The number of carboxylic acids is 1. The number of benzene rings is 1. The second-order valence-corrected chi connectivity index (χ2v) is 5.35. The molecule has 2 rings (SSSR count). The molecule has 10 heteroatoms. The third-order valence-corrected chi connectivity index (χ3v) is 3.49. The molecule has 0 bridgehead atoms. The number of nitrogens with zero attached hydrogens (tertiary/aromatic N) is 2. The van der Waals surface area contributed by atoms with E-state index in [1.807, 2.05) is 0 Å². The molecule has 2 N–H and O–H groups in total. The Labute approximate surface area is 153 Å². The number of rotatable bonds is 7. The zero-order chi connectivity index (χ0) is 20.0. The number of methoxy groups -OCH3 is 2. The summed E-state index contributed by atoms with van der Waals surface area (Å²) in [6.07, 6.45) is 1.45. The minimum Gasteiger partial charge on any atom is -0.476 e. The van der Waals surface area contributed by atoms with Crippen molar-refractivity contribution in [1.29, 1.82) is 0 Å². The monoisotopic (exact) mass is 375 g/mol. The summed E-state index contributed by atoms with van der Waals surface area (Å²) < 4.78 is 10.6. The van der Waals surface area contributed by atoms with Crippen LogP contribution in [0.1, 0.15) is 37.6 Å². The number of aromatic carboxylic acids is 1. The topological polar surface area (TPSA) is 137 Å². The first-order valence-electron chi connectivity index (χ1n) is 7.72. The molecule has 1 amide bonds. The van der Waals surface area contributed by atoms with Gasteiger partial charge in [-0.05, 0) is 24.3 Å². The fourth-order valence-corrected chi connectivity index (χ4v) is 2.21. The summed E-state index contributed by atoms with van der Waals surface area (Å²) in [5, 5.41) is 15.2. The molecular formula is C17H17N3O7. The SMILES string of the molecule is COC(=O)c1cc(NC(=O)CCn2ccc(C(=O)O)n2)cc(C(=O)OC)c1. The highest BCUT2D eigenvalue weighted by atomic mass is 16.5. The molecule has 1 aromatic carbocycles. The fourth-order valence-electron chi connectivity index (χ4n) is 2.21. The number of carbonyl (C=O) groups is 4. The lowest BCUT2D eigenvalue weighted by Gasteiger charge is -2.09. The van der Waals surface area contributed by atoms with Crippen LogP contribution in [-0.2, 0) is 20.8 Å². The van der Waals surface area contributed by atoms with E-state index in [9.17, 15) is 19.2 Å². The Bertz CT molecular complexity index is 854. The van der Waals surface area contributed by atoms with Gasteiger partial charge in [0.2, 0.25) is 5.91 Å². The van der Waals surface area contributed by atoms with Gasteiger partial charge in [-0.2, -0.15) is 5.10 Å². The number of hydrogen-bond acceptors (Lipinski definition) is 7. The first-order chi connectivity index (χ1) is 12.8. The predicted octanol–water partition coefficient (Wildman–Crippen LogP) is 1.18. The Balaban J connectivity index is 2.09. The molecule has 0 aliphatic rings. The molecule has 27 heavy (non-hydrogen) atoms. The van der Waals surface area contributed by atoms with Gasteiger partial charge in [-0.15, -0.1) is 0 Å². The molecule has 2 aromatic rings. The maximum atomic E-state index is 12.1. The molecule has 0 unspecified atom stereocenters. The second-order valence-electron chi connectivity index (χ2n) is 5.35. The first kappa shape index (κ1) is 19.6. The Morgan fingerprint density at radius 2 is 1.67 bits per heavy atom. The minimum atomic E-state index is -1.16. The molecule has 0 saturated heterocycles. The normalized spacial score (nSPS) is 10.1. The van der Waals surface area contributed by atoms with E-state index in [0.29, 0.717) is 0 Å². The molecule has 0 fully saturated rings. The average molecular weight is 375 g/mol. The van der Waals surface area contributed by atoms with Gasteiger partial charge >= 0.3 is 17.9 Å². The molecule has 0 aliphatic carbocycles. The van der Waals surface area contributed by atoms with Gasteiger partial charge in [-0.1, -0.05) is 0 Å². The number of nitrogens with one attached hydrogen (secondary N) is 1. The Morgan fingerprint density at radius 1 is 1.07 bits per heavy atom. The third-order valence-electron chi connectivity index (χ3n) is 3.49. The number of carbonyl (C=O) groups excluding carboxylic acids is 3. The number of anilines is 1. The van der Waals surface area contributed by atoms with Crippen LogP contribution in [0.15, 0.2) is 30.5 Å². The van der Waals surface area contributed by atoms with Crippen LogP contribution in [0.25, 0.3) is 0 Å². The van der Waals surface area contributed by atoms with Crippen LogP contribution >= 0.6 is 0 Å². The predicted molar refractivity (Wildman–Crippen MR) is 91.6 cm³/mol. The van der Waals surface area contributed by atoms with E-state index in [1.165, 1.54) is 49.4 Å². The number of ether oxygens (including phenoxy) is 2. The van der Waals surface area contributed by atoms with Crippen LogP contribution in [-0.4, -0.2) is 52.9 Å².